The molecule has 0 rings (SSSR count). The van der Waals surface area contributed by atoms with Crippen LogP contribution in [0.5, 0.6) is 0 Å². The van der Waals surface area contributed by atoms with Gasteiger partial charge < -0.3 is 0 Å². The summed E-state index contributed by atoms with van der Waals surface area (Å²) in [6.45, 7) is 9.86. The molecule has 0 N–H and O–H groups in total. The average molecular weight is 154 g/mol. The molecule has 0 saturated carbocycles. The predicted molar refractivity (Wildman–Crippen MR) is 48.5 cm³/mol. The number of allylic oxidation sites excluding steroid dienone is 2. The first-order valence-corrected chi connectivity index (χ1v) is 4.13. The van der Waals surface area contributed by atoms with E-state index in [1.165, 1.54) is 0 Å². The Labute approximate surface area is 69.5 Å². The molecule has 0 fully saturated rings. The van der Waals surface area contributed by atoms with Gasteiger partial charge in [0, 0.05) is 0 Å². The number of hydrogen-bond acceptors (Lipinski definition) is 1. The maximum Gasteiger partial charge on any atom is 0.156 e. The quantitative estimate of drug-likeness (QED) is 0.571. The van der Waals surface area contributed by atoms with Gasteiger partial charge in [-0.15, -0.1) is 0 Å². The minimum Gasteiger partial charge on any atom is -0.295 e. The van der Waals surface area contributed by atoms with E-state index in [2.05, 4.69) is 20.8 Å². The third kappa shape index (κ3) is 2.49. The molecule has 0 spiro atoms. The lowest BCUT2D eigenvalue weighted by Crippen LogP contribution is -2.18. The molecule has 11 heavy (non-hydrogen) atoms. The van der Waals surface area contributed by atoms with Crippen molar-refractivity contribution in [2.75, 3.05) is 0 Å². The van der Waals surface area contributed by atoms with Crippen molar-refractivity contribution in [3.63, 3.8) is 0 Å². The second-order valence-electron chi connectivity index (χ2n) is 3.50. The van der Waals surface area contributed by atoms with Gasteiger partial charge in [0.2, 0.25) is 0 Å². The normalized spacial score (nSPS) is 13.4. The zero-order valence-corrected chi connectivity index (χ0v) is 8.19. The highest BCUT2D eigenvalue weighted by atomic mass is 16.1. The first kappa shape index (κ1) is 10.4. The summed E-state index contributed by atoms with van der Waals surface area (Å²) in [5.41, 5.74) is 0.987. The van der Waals surface area contributed by atoms with E-state index in [4.69, 9.17) is 0 Å². The Balaban J connectivity index is 4.66. The Hall–Kier alpha value is -0.590. The van der Waals surface area contributed by atoms with Gasteiger partial charge in [-0.05, 0) is 31.3 Å². The molecule has 0 atom stereocenters. The third-order valence-corrected chi connectivity index (χ3v) is 2.28. The second kappa shape index (κ2) is 3.70. The van der Waals surface area contributed by atoms with Crippen LogP contribution in [0.1, 0.15) is 41.0 Å². The van der Waals surface area contributed by atoms with Crippen LogP contribution < -0.4 is 0 Å². The Morgan fingerprint density at radius 3 is 2.00 bits per heavy atom. The van der Waals surface area contributed by atoms with Crippen LogP contribution in [-0.4, -0.2) is 5.78 Å². The minimum absolute atomic E-state index is 0.0422. The maximum absolute atomic E-state index is 11.1. The molecule has 0 aliphatic carbocycles. The molecule has 0 aliphatic heterocycles. The Kier molecular flexibility index (Phi) is 3.50. The number of carbonyl (C=O) groups excluding carboxylic acids is 1. The SMILES string of the molecule is C/C=C(\C(C)=O)C(C)(C)CC. The summed E-state index contributed by atoms with van der Waals surface area (Å²) in [6, 6.07) is 0. The van der Waals surface area contributed by atoms with E-state index in [1.54, 1.807) is 6.92 Å². The van der Waals surface area contributed by atoms with Crippen molar-refractivity contribution in [2.45, 2.75) is 41.0 Å². The van der Waals surface area contributed by atoms with Crippen molar-refractivity contribution in [3.8, 4) is 0 Å². The van der Waals surface area contributed by atoms with Gasteiger partial charge in [-0.25, -0.2) is 0 Å². The smallest absolute Gasteiger partial charge is 0.156 e. The zero-order valence-electron chi connectivity index (χ0n) is 8.19. The molecular weight excluding hydrogens is 136 g/mol. The maximum atomic E-state index is 11.1. The number of ketones is 1. The van der Waals surface area contributed by atoms with Crippen LogP contribution in [0.3, 0.4) is 0 Å². The molecular formula is C10H18O. The number of carbonyl (C=O) groups is 1. The van der Waals surface area contributed by atoms with Crippen LogP contribution in [0.2, 0.25) is 0 Å². The van der Waals surface area contributed by atoms with E-state index >= 15 is 0 Å². The molecule has 0 heterocycles. The molecule has 0 saturated heterocycles. The van der Waals surface area contributed by atoms with Gasteiger partial charge in [0.15, 0.2) is 5.78 Å². The van der Waals surface area contributed by atoms with Crippen LogP contribution in [-0.2, 0) is 4.79 Å². The lowest BCUT2D eigenvalue weighted by molar-refractivity contribution is -0.114. The van der Waals surface area contributed by atoms with Gasteiger partial charge in [0.25, 0.3) is 0 Å². The minimum atomic E-state index is 0.0422. The number of hydrogen-bond donors (Lipinski definition) is 0. The van der Waals surface area contributed by atoms with Crippen molar-refractivity contribution in [3.05, 3.63) is 11.6 Å². The Morgan fingerprint density at radius 2 is 1.91 bits per heavy atom. The van der Waals surface area contributed by atoms with E-state index < -0.39 is 0 Å². The van der Waals surface area contributed by atoms with Crippen LogP contribution in [0.25, 0.3) is 0 Å². The van der Waals surface area contributed by atoms with Gasteiger partial charge in [-0.1, -0.05) is 26.8 Å². The molecule has 1 heteroatoms. The Morgan fingerprint density at radius 1 is 1.45 bits per heavy atom. The molecule has 0 unspecified atom stereocenters. The fourth-order valence-electron chi connectivity index (χ4n) is 1.26. The van der Waals surface area contributed by atoms with Gasteiger partial charge >= 0.3 is 0 Å². The summed E-state index contributed by atoms with van der Waals surface area (Å²) < 4.78 is 0. The predicted octanol–water partition coefficient (Wildman–Crippen LogP) is 2.96. The number of rotatable bonds is 3. The molecule has 0 aromatic carbocycles. The number of Topliss-reactive ketones (excluding diaryl/α,β-unsaturated/α-hetero) is 1. The summed E-state index contributed by atoms with van der Waals surface area (Å²) >= 11 is 0. The van der Waals surface area contributed by atoms with E-state index in [1.807, 2.05) is 13.0 Å². The van der Waals surface area contributed by atoms with Crippen LogP contribution in [0.15, 0.2) is 11.6 Å². The summed E-state index contributed by atoms with van der Waals surface area (Å²) in [5, 5.41) is 0. The van der Waals surface area contributed by atoms with Crippen molar-refractivity contribution < 1.29 is 4.79 Å². The summed E-state index contributed by atoms with van der Waals surface area (Å²) in [5.74, 6) is 0.194. The van der Waals surface area contributed by atoms with Crippen molar-refractivity contribution >= 4 is 5.78 Å². The summed E-state index contributed by atoms with van der Waals surface area (Å²) in [6.07, 6.45) is 2.93. The molecule has 1 nitrogen and oxygen atoms in total. The van der Waals surface area contributed by atoms with Crippen molar-refractivity contribution in [1.82, 2.24) is 0 Å². The highest BCUT2D eigenvalue weighted by Crippen LogP contribution is 2.30. The molecule has 0 bridgehead atoms. The summed E-state index contributed by atoms with van der Waals surface area (Å²) in [7, 11) is 0. The molecule has 0 aromatic rings. The average Bonchev–Trinajstić information content (AvgIpc) is 1.88. The van der Waals surface area contributed by atoms with Crippen molar-refractivity contribution in [1.29, 1.82) is 0 Å². The molecule has 0 amide bonds. The fraction of sp³-hybridized carbons (Fsp3) is 0.700. The van der Waals surface area contributed by atoms with E-state index in [0.29, 0.717) is 0 Å². The van der Waals surface area contributed by atoms with Gasteiger partial charge in [0.1, 0.15) is 0 Å². The molecule has 0 aromatic heterocycles. The monoisotopic (exact) mass is 154 g/mol. The van der Waals surface area contributed by atoms with Crippen LogP contribution in [0.4, 0.5) is 0 Å². The first-order chi connectivity index (χ1) is 4.95. The highest BCUT2D eigenvalue weighted by molar-refractivity contribution is 5.94. The zero-order chi connectivity index (χ0) is 9.07. The molecule has 0 aliphatic rings. The third-order valence-electron chi connectivity index (χ3n) is 2.28. The largest absolute Gasteiger partial charge is 0.295 e. The lowest BCUT2D eigenvalue weighted by Gasteiger charge is -2.24. The van der Waals surface area contributed by atoms with Crippen molar-refractivity contribution in [2.24, 2.45) is 5.41 Å². The lowest BCUT2D eigenvalue weighted by atomic mass is 9.80. The van der Waals surface area contributed by atoms with E-state index in [-0.39, 0.29) is 11.2 Å². The van der Waals surface area contributed by atoms with Gasteiger partial charge in [0.05, 0.1) is 0 Å². The fourth-order valence-corrected chi connectivity index (χ4v) is 1.26. The van der Waals surface area contributed by atoms with Gasteiger partial charge in [-0.2, -0.15) is 0 Å². The van der Waals surface area contributed by atoms with E-state index in [0.717, 1.165) is 12.0 Å². The highest BCUT2D eigenvalue weighted by Gasteiger charge is 2.22. The molecule has 64 valence electrons. The topological polar surface area (TPSA) is 17.1 Å². The summed E-state index contributed by atoms with van der Waals surface area (Å²) in [4.78, 5) is 11.1. The van der Waals surface area contributed by atoms with Crippen LogP contribution in [0, 0.1) is 5.41 Å². The van der Waals surface area contributed by atoms with Gasteiger partial charge in [-0.3, -0.25) is 4.79 Å². The van der Waals surface area contributed by atoms with Crippen LogP contribution >= 0.6 is 0 Å². The van der Waals surface area contributed by atoms with E-state index in [9.17, 15) is 4.79 Å². The standard InChI is InChI=1S/C10H18O/c1-6-9(8(3)11)10(4,5)7-2/h6H,7H2,1-5H3/b9-6+. The molecule has 0 radical (unpaired) electrons. The first-order valence-electron chi connectivity index (χ1n) is 4.13. The second-order valence-corrected chi connectivity index (χ2v) is 3.50. The Bertz CT molecular complexity index is 175.